The Labute approximate surface area is 184 Å². The average molecular weight is 435 g/mol. The van der Waals surface area contributed by atoms with Crippen LogP contribution in [0.5, 0.6) is 0 Å². The zero-order chi connectivity index (χ0) is 21.3. The maximum absolute atomic E-state index is 13.4. The Bertz CT molecular complexity index is 1170. The SMILES string of the molecule is Cc1ccccc1NC1=C(Sc2ccccc2)C(=O)N(c2ccc(Cl)cc2C)C1=O. The van der Waals surface area contributed by atoms with Crippen LogP contribution in [0.3, 0.4) is 0 Å². The second-order valence-corrected chi connectivity index (χ2v) is 8.46. The van der Waals surface area contributed by atoms with Gasteiger partial charge in [0.2, 0.25) is 0 Å². The van der Waals surface area contributed by atoms with Crippen molar-refractivity contribution in [1.82, 2.24) is 0 Å². The summed E-state index contributed by atoms with van der Waals surface area (Å²) in [5, 5.41) is 3.77. The first-order chi connectivity index (χ1) is 14.5. The van der Waals surface area contributed by atoms with Crippen LogP contribution in [0.1, 0.15) is 11.1 Å². The molecule has 0 spiro atoms. The van der Waals surface area contributed by atoms with Gasteiger partial charge >= 0.3 is 0 Å². The van der Waals surface area contributed by atoms with E-state index >= 15 is 0 Å². The number of nitrogens with one attached hydrogen (secondary N) is 1. The quantitative estimate of drug-likeness (QED) is 0.504. The molecule has 2 amide bonds. The number of nitrogens with zero attached hydrogens (tertiary/aromatic N) is 1. The number of para-hydroxylation sites is 1. The number of benzene rings is 3. The molecule has 30 heavy (non-hydrogen) atoms. The second kappa shape index (κ2) is 8.38. The minimum Gasteiger partial charge on any atom is -0.350 e. The third-order valence-electron chi connectivity index (χ3n) is 4.81. The molecule has 0 aromatic heterocycles. The molecule has 1 heterocycles. The molecule has 150 valence electrons. The number of imide groups is 1. The van der Waals surface area contributed by atoms with Crippen LogP contribution in [-0.2, 0) is 9.59 Å². The van der Waals surface area contributed by atoms with Gasteiger partial charge in [0, 0.05) is 15.6 Å². The molecule has 0 bridgehead atoms. The van der Waals surface area contributed by atoms with Crippen molar-refractivity contribution in [1.29, 1.82) is 0 Å². The van der Waals surface area contributed by atoms with Crippen molar-refractivity contribution < 1.29 is 9.59 Å². The molecule has 4 nitrogen and oxygen atoms in total. The lowest BCUT2D eigenvalue weighted by Crippen LogP contribution is -2.33. The Kier molecular flexibility index (Phi) is 5.66. The lowest BCUT2D eigenvalue weighted by Gasteiger charge is -2.18. The number of aryl methyl sites for hydroxylation is 2. The van der Waals surface area contributed by atoms with Crippen molar-refractivity contribution >= 4 is 46.6 Å². The number of hydrogen-bond acceptors (Lipinski definition) is 4. The Morgan fingerprint density at radius 3 is 2.23 bits per heavy atom. The van der Waals surface area contributed by atoms with Crippen LogP contribution >= 0.6 is 23.4 Å². The highest BCUT2D eigenvalue weighted by molar-refractivity contribution is 8.04. The first kappa shape index (κ1) is 20.3. The minimum absolute atomic E-state index is 0.275. The molecule has 0 atom stereocenters. The van der Waals surface area contributed by atoms with Gasteiger partial charge in [-0.25, -0.2) is 4.90 Å². The van der Waals surface area contributed by atoms with Gasteiger partial charge < -0.3 is 5.32 Å². The lowest BCUT2D eigenvalue weighted by molar-refractivity contribution is -0.120. The standard InChI is InChI=1S/C24H19ClN2O2S/c1-15-8-6-7-11-19(15)26-21-22(30-18-9-4-3-5-10-18)24(29)27(23(21)28)20-13-12-17(25)14-16(20)2/h3-14,26H,1-2H3. The van der Waals surface area contributed by atoms with E-state index in [1.165, 1.54) is 16.7 Å². The van der Waals surface area contributed by atoms with Crippen LogP contribution in [0.2, 0.25) is 5.02 Å². The third-order valence-corrected chi connectivity index (χ3v) is 6.13. The highest BCUT2D eigenvalue weighted by Gasteiger charge is 2.40. The largest absolute Gasteiger partial charge is 0.350 e. The van der Waals surface area contributed by atoms with E-state index in [1.54, 1.807) is 18.2 Å². The Morgan fingerprint density at radius 1 is 0.833 bits per heavy atom. The summed E-state index contributed by atoms with van der Waals surface area (Å²) in [4.78, 5) is 29.3. The van der Waals surface area contributed by atoms with Gasteiger partial charge in [-0.1, -0.05) is 59.8 Å². The van der Waals surface area contributed by atoms with Crippen LogP contribution in [0.25, 0.3) is 0 Å². The molecule has 0 radical (unpaired) electrons. The molecule has 1 N–H and O–H groups in total. The van der Waals surface area contributed by atoms with Gasteiger partial charge in [0.15, 0.2) is 0 Å². The molecule has 3 aromatic carbocycles. The molecular formula is C24H19ClN2O2S. The van der Waals surface area contributed by atoms with Gasteiger partial charge in [0.25, 0.3) is 11.8 Å². The third kappa shape index (κ3) is 3.86. The van der Waals surface area contributed by atoms with E-state index in [9.17, 15) is 9.59 Å². The van der Waals surface area contributed by atoms with Crippen molar-refractivity contribution in [2.75, 3.05) is 10.2 Å². The Hall–Kier alpha value is -3.02. The molecule has 4 rings (SSSR count). The van der Waals surface area contributed by atoms with E-state index in [-0.39, 0.29) is 17.5 Å². The highest BCUT2D eigenvalue weighted by Crippen LogP contribution is 2.39. The lowest BCUT2D eigenvalue weighted by atomic mass is 10.2. The van der Waals surface area contributed by atoms with E-state index < -0.39 is 0 Å². The first-order valence-corrected chi connectivity index (χ1v) is 10.6. The van der Waals surface area contributed by atoms with E-state index in [0.29, 0.717) is 15.6 Å². The van der Waals surface area contributed by atoms with Gasteiger partial charge in [-0.15, -0.1) is 0 Å². The molecule has 1 aliphatic heterocycles. The Balaban J connectivity index is 1.78. The summed E-state index contributed by atoms with van der Waals surface area (Å²) < 4.78 is 0. The molecular weight excluding hydrogens is 416 g/mol. The molecule has 0 aliphatic carbocycles. The predicted octanol–water partition coefficient (Wildman–Crippen LogP) is 5.95. The maximum Gasteiger partial charge on any atom is 0.283 e. The number of carbonyl (C=O) groups excluding carboxylic acids is 2. The first-order valence-electron chi connectivity index (χ1n) is 9.40. The minimum atomic E-state index is -0.382. The van der Waals surface area contributed by atoms with Crippen LogP contribution in [0.4, 0.5) is 11.4 Å². The summed E-state index contributed by atoms with van der Waals surface area (Å²) in [6, 6.07) is 22.3. The van der Waals surface area contributed by atoms with Crippen LogP contribution in [-0.4, -0.2) is 11.8 Å². The number of anilines is 2. The number of rotatable bonds is 5. The topological polar surface area (TPSA) is 49.4 Å². The van der Waals surface area contributed by atoms with E-state index in [2.05, 4.69) is 5.32 Å². The predicted molar refractivity (Wildman–Crippen MR) is 123 cm³/mol. The van der Waals surface area contributed by atoms with Gasteiger partial charge in [-0.05, 0) is 61.4 Å². The summed E-state index contributed by atoms with van der Waals surface area (Å²) >= 11 is 7.35. The van der Waals surface area contributed by atoms with Gasteiger partial charge in [0.05, 0.1) is 5.69 Å². The molecule has 6 heteroatoms. The average Bonchev–Trinajstić information content (AvgIpc) is 2.95. The van der Waals surface area contributed by atoms with Crippen LogP contribution in [0.15, 0.2) is 88.3 Å². The number of hydrogen-bond donors (Lipinski definition) is 1. The number of thioether (sulfide) groups is 1. The summed E-state index contributed by atoms with van der Waals surface area (Å²) in [5.41, 5.74) is 3.33. The summed E-state index contributed by atoms with van der Waals surface area (Å²) in [6.45, 7) is 3.79. The fourth-order valence-electron chi connectivity index (χ4n) is 3.26. The normalized spacial score (nSPS) is 13.9. The van der Waals surface area contributed by atoms with E-state index in [4.69, 9.17) is 11.6 Å². The smallest absolute Gasteiger partial charge is 0.283 e. The zero-order valence-corrected chi connectivity index (χ0v) is 18.1. The molecule has 0 saturated carbocycles. The second-order valence-electron chi connectivity index (χ2n) is 6.94. The fraction of sp³-hybridized carbons (Fsp3) is 0.0833. The van der Waals surface area contributed by atoms with Crippen molar-refractivity contribution in [3.8, 4) is 0 Å². The monoisotopic (exact) mass is 434 g/mol. The van der Waals surface area contributed by atoms with Gasteiger partial charge in [0.1, 0.15) is 10.6 Å². The zero-order valence-electron chi connectivity index (χ0n) is 16.5. The van der Waals surface area contributed by atoms with Crippen molar-refractivity contribution in [3.05, 3.63) is 99.5 Å². The van der Waals surface area contributed by atoms with Gasteiger partial charge in [-0.3, -0.25) is 9.59 Å². The molecule has 1 aliphatic rings. The van der Waals surface area contributed by atoms with Gasteiger partial charge in [-0.2, -0.15) is 0 Å². The molecule has 0 saturated heterocycles. The maximum atomic E-state index is 13.4. The Morgan fingerprint density at radius 2 is 1.53 bits per heavy atom. The number of carbonyl (C=O) groups is 2. The summed E-state index contributed by atoms with van der Waals surface area (Å²) in [6.07, 6.45) is 0. The van der Waals surface area contributed by atoms with Crippen LogP contribution in [0, 0.1) is 13.8 Å². The number of halogens is 1. The molecule has 3 aromatic rings. The van der Waals surface area contributed by atoms with Crippen LogP contribution < -0.4 is 10.2 Å². The highest BCUT2D eigenvalue weighted by atomic mass is 35.5. The molecule has 0 fully saturated rings. The summed E-state index contributed by atoms with van der Waals surface area (Å²) in [7, 11) is 0. The van der Waals surface area contributed by atoms with Crippen molar-refractivity contribution in [3.63, 3.8) is 0 Å². The molecule has 0 unspecified atom stereocenters. The van der Waals surface area contributed by atoms with Crippen molar-refractivity contribution in [2.45, 2.75) is 18.7 Å². The van der Waals surface area contributed by atoms with E-state index in [0.717, 1.165) is 21.7 Å². The number of amides is 2. The fourth-order valence-corrected chi connectivity index (χ4v) is 4.43. The van der Waals surface area contributed by atoms with E-state index in [1.807, 2.05) is 68.4 Å². The van der Waals surface area contributed by atoms with Crippen molar-refractivity contribution in [2.24, 2.45) is 0 Å². The summed E-state index contributed by atoms with van der Waals surface area (Å²) in [5.74, 6) is -0.734.